The Hall–Kier alpha value is -1.02. The summed E-state index contributed by atoms with van der Waals surface area (Å²) in [5, 5.41) is 6.05. The quantitative estimate of drug-likeness (QED) is 0.744. The van der Waals surface area contributed by atoms with Crippen molar-refractivity contribution in [3.05, 3.63) is 69.7 Å². The van der Waals surface area contributed by atoms with E-state index in [1.807, 2.05) is 24.3 Å². The largest absolute Gasteiger partial charge is 0.242 e. The Labute approximate surface area is 136 Å². The summed E-state index contributed by atoms with van der Waals surface area (Å²) >= 11 is 12.1. The molecule has 3 rings (SSSR count). The van der Waals surface area contributed by atoms with Crippen LogP contribution in [-0.2, 0) is 0 Å². The number of benzene rings is 2. The van der Waals surface area contributed by atoms with Crippen molar-refractivity contribution >= 4 is 23.2 Å². The topological polar surface area (TPSA) is 14.1 Å². The minimum absolute atomic E-state index is 0.398. The summed E-state index contributed by atoms with van der Waals surface area (Å²) < 4.78 is 0. The number of hydrogen-bond donors (Lipinski definition) is 0. The van der Waals surface area contributed by atoms with Crippen LogP contribution in [0.15, 0.2) is 48.5 Å². The average molecular weight is 319 g/mol. The SMILES string of the molecule is Clc1ccc(C(c2ccc(Cl)cc2)C2CC[N]CC2)cc1. The minimum Gasteiger partial charge on any atom is -0.242 e. The molecule has 1 saturated heterocycles. The zero-order valence-electron chi connectivity index (χ0n) is 11.8. The van der Waals surface area contributed by atoms with Crippen molar-refractivity contribution in [3.8, 4) is 0 Å². The van der Waals surface area contributed by atoms with Crippen molar-refractivity contribution < 1.29 is 0 Å². The molecule has 1 nitrogen and oxygen atoms in total. The van der Waals surface area contributed by atoms with Gasteiger partial charge in [0.1, 0.15) is 0 Å². The third-order valence-corrected chi connectivity index (χ3v) is 4.75. The maximum atomic E-state index is 6.04. The Morgan fingerprint density at radius 1 is 0.762 bits per heavy atom. The molecule has 0 amide bonds. The van der Waals surface area contributed by atoms with E-state index in [2.05, 4.69) is 29.6 Å². The van der Waals surface area contributed by atoms with Gasteiger partial charge in [0.05, 0.1) is 0 Å². The molecule has 0 saturated carbocycles. The predicted molar refractivity (Wildman–Crippen MR) is 89.3 cm³/mol. The van der Waals surface area contributed by atoms with Gasteiger partial charge in [-0.2, -0.15) is 0 Å². The molecular formula is C18H18Cl2N. The first-order chi connectivity index (χ1) is 10.2. The van der Waals surface area contributed by atoms with E-state index in [1.165, 1.54) is 11.1 Å². The highest BCUT2D eigenvalue weighted by atomic mass is 35.5. The second kappa shape index (κ2) is 6.83. The Balaban J connectivity index is 1.97. The van der Waals surface area contributed by atoms with Crippen LogP contribution in [0.3, 0.4) is 0 Å². The summed E-state index contributed by atoms with van der Waals surface area (Å²) in [6.07, 6.45) is 2.30. The Kier molecular flexibility index (Phi) is 4.84. The molecule has 21 heavy (non-hydrogen) atoms. The van der Waals surface area contributed by atoms with Crippen molar-refractivity contribution in [2.24, 2.45) is 5.92 Å². The Morgan fingerprint density at radius 2 is 1.19 bits per heavy atom. The number of halogens is 2. The molecule has 0 atom stereocenters. The highest BCUT2D eigenvalue weighted by molar-refractivity contribution is 6.30. The van der Waals surface area contributed by atoms with Crippen molar-refractivity contribution in [1.29, 1.82) is 0 Å². The highest BCUT2D eigenvalue weighted by Crippen LogP contribution is 2.37. The molecule has 1 aliphatic heterocycles. The molecule has 1 heterocycles. The summed E-state index contributed by atoms with van der Waals surface area (Å²) in [5.41, 5.74) is 2.65. The van der Waals surface area contributed by atoms with E-state index < -0.39 is 0 Å². The van der Waals surface area contributed by atoms with Gasteiger partial charge in [-0.15, -0.1) is 0 Å². The molecule has 0 aliphatic carbocycles. The predicted octanol–water partition coefficient (Wildman–Crippen LogP) is 5.14. The number of hydrogen-bond acceptors (Lipinski definition) is 0. The fourth-order valence-electron chi connectivity index (χ4n) is 3.18. The second-order valence-corrected chi connectivity index (χ2v) is 6.46. The van der Waals surface area contributed by atoms with Gasteiger partial charge in [-0.1, -0.05) is 47.5 Å². The fourth-order valence-corrected chi connectivity index (χ4v) is 3.43. The van der Waals surface area contributed by atoms with E-state index in [0.717, 1.165) is 36.0 Å². The van der Waals surface area contributed by atoms with Gasteiger partial charge >= 0.3 is 0 Å². The molecule has 1 radical (unpaired) electrons. The van der Waals surface area contributed by atoms with Gasteiger partial charge in [-0.05, 0) is 54.2 Å². The summed E-state index contributed by atoms with van der Waals surface area (Å²) in [5.74, 6) is 1.03. The molecule has 0 N–H and O–H groups in total. The zero-order chi connectivity index (χ0) is 14.7. The van der Waals surface area contributed by atoms with Crippen LogP contribution in [0.1, 0.15) is 29.9 Å². The molecular weight excluding hydrogens is 301 g/mol. The molecule has 0 bridgehead atoms. The van der Waals surface area contributed by atoms with Crippen LogP contribution in [0.25, 0.3) is 0 Å². The van der Waals surface area contributed by atoms with Gasteiger partial charge in [-0.25, -0.2) is 5.32 Å². The fraction of sp³-hybridized carbons (Fsp3) is 0.333. The van der Waals surface area contributed by atoms with Crippen LogP contribution >= 0.6 is 23.2 Å². The number of piperidine rings is 1. The van der Waals surface area contributed by atoms with Crippen LogP contribution in [0.5, 0.6) is 0 Å². The molecule has 1 fully saturated rings. The third-order valence-electron chi connectivity index (χ3n) is 4.25. The lowest BCUT2D eigenvalue weighted by molar-refractivity contribution is 0.338. The maximum absolute atomic E-state index is 6.04. The first kappa shape index (κ1) is 14.9. The van der Waals surface area contributed by atoms with Crippen LogP contribution in [-0.4, -0.2) is 13.1 Å². The smallest absolute Gasteiger partial charge is 0.0406 e. The first-order valence-electron chi connectivity index (χ1n) is 7.38. The molecule has 109 valence electrons. The second-order valence-electron chi connectivity index (χ2n) is 5.59. The molecule has 0 aromatic heterocycles. The Bertz CT molecular complexity index is 526. The third kappa shape index (κ3) is 3.60. The monoisotopic (exact) mass is 318 g/mol. The summed E-state index contributed by atoms with van der Waals surface area (Å²) in [6, 6.07) is 16.5. The standard InChI is InChI=1S/C18H18Cl2N/c19-16-5-1-13(2-6-16)18(15-9-11-21-12-10-15)14-3-7-17(20)8-4-14/h1-8,15,18H,9-12H2. The van der Waals surface area contributed by atoms with E-state index >= 15 is 0 Å². The minimum atomic E-state index is 0.398. The van der Waals surface area contributed by atoms with Crippen molar-refractivity contribution in [3.63, 3.8) is 0 Å². The lowest BCUT2D eigenvalue weighted by Gasteiger charge is -2.31. The van der Waals surface area contributed by atoms with Gasteiger partial charge in [-0.3, -0.25) is 0 Å². The highest BCUT2D eigenvalue weighted by Gasteiger charge is 2.26. The van der Waals surface area contributed by atoms with Crippen LogP contribution < -0.4 is 5.32 Å². The lowest BCUT2D eigenvalue weighted by atomic mass is 9.76. The summed E-state index contributed by atoms with van der Waals surface area (Å²) in [7, 11) is 0. The van der Waals surface area contributed by atoms with E-state index in [9.17, 15) is 0 Å². The van der Waals surface area contributed by atoms with Crippen molar-refractivity contribution in [2.75, 3.05) is 13.1 Å². The van der Waals surface area contributed by atoms with E-state index in [1.54, 1.807) is 0 Å². The normalized spacial score (nSPS) is 16.3. The molecule has 0 spiro atoms. The van der Waals surface area contributed by atoms with Gasteiger partial charge in [0.2, 0.25) is 0 Å². The van der Waals surface area contributed by atoms with Gasteiger partial charge < -0.3 is 0 Å². The summed E-state index contributed by atoms with van der Waals surface area (Å²) in [6.45, 7) is 1.95. The Morgan fingerprint density at radius 3 is 1.62 bits per heavy atom. The van der Waals surface area contributed by atoms with Crippen molar-refractivity contribution in [2.45, 2.75) is 18.8 Å². The molecule has 2 aromatic rings. The first-order valence-corrected chi connectivity index (χ1v) is 8.14. The average Bonchev–Trinajstić information content (AvgIpc) is 2.52. The number of nitrogens with zero attached hydrogens (tertiary/aromatic N) is 1. The van der Waals surface area contributed by atoms with E-state index in [-0.39, 0.29) is 0 Å². The van der Waals surface area contributed by atoms with Gasteiger partial charge in [0.15, 0.2) is 0 Å². The number of rotatable bonds is 3. The van der Waals surface area contributed by atoms with Crippen molar-refractivity contribution in [1.82, 2.24) is 5.32 Å². The van der Waals surface area contributed by atoms with Crippen LogP contribution in [0, 0.1) is 5.92 Å². The molecule has 2 aromatic carbocycles. The van der Waals surface area contributed by atoms with E-state index in [4.69, 9.17) is 23.2 Å². The van der Waals surface area contributed by atoms with Crippen LogP contribution in [0.2, 0.25) is 10.0 Å². The molecule has 3 heteroatoms. The van der Waals surface area contributed by atoms with E-state index in [0.29, 0.717) is 11.8 Å². The summed E-state index contributed by atoms with van der Waals surface area (Å²) in [4.78, 5) is 0. The molecule has 0 unspecified atom stereocenters. The molecule has 1 aliphatic rings. The zero-order valence-corrected chi connectivity index (χ0v) is 13.3. The van der Waals surface area contributed by atoms with Gasteiger partial charge in [0, 0.05) is 29.1 Å². The lowest BCUT2D eigenvalue weighted by Crippen LogP contribution is -2.27. The maximum Gasteiger partial charge on any atom is 0.0406 e. The van der Waals surface area contributed by atoms with Crippen LogP contribution in [0.4, 0.5) is 0 Å². The van der Waals surface area contributed by atoms with Gasteiger partial charge in [0.25, 0.3) is 0 Å².